The fourth-order valence-corrected chi connectivity index (χ4v) is 3.48. The van der Waals surface area contributed by atoms with Crippen LogP contribution in [0.3, 0.4) is 0 Å². The van der Waals surface area contributed by atoms with Gasteiger partial charge in [-0.25, -0.2) is 0 Å². The van der Waals surface area contributed by atoms with Crippen LogP contribution in [0.15, 0.2) is 28.8 Å². The highest BCUT2D eigenvalue weighted by molar-refractivity contribution is 5.77. The van der Waals surface area contributed by atoms with Gasteiger partial charge in [0.25, 0.3) is 0 Å². The lowest BCUT2D eigenvalue weighted by molar-refractivity contribution is -0.120. The zero-order chi connectivity index (χ0) is 18.4. The Morgan fingerprint density at radius 3 is 2.46 bits per heavy atom. The first-order valence-corrected chi connectivity index (χ1v) is 9.48. The highest BCUT2D eigenvalue weighted by Crippen LogP contribution is 2.24. The molecule has 6 nitrogen and oxygen atoms in total. The van der Waals surface area contributed by atoms with E-state index in [1.165, 1.54) is 36.8 Å². The van der Waals surface area contributed by atoms with Crippen molar-refractivity contribution in [3.05, 3.63) is 47.1 Å². The predicted octanol–water partition coefficient (Wildman–Crippen LogP) is 2.96. The third kappa shape index (κ3) is 5.14. The molecule has 1 amide bonds. The van der Waals surface area contributed by atoms with Crippen molar-refractivity contribution in [2.24, 2.45) is 0 Å². The van der Waals surface area contributed by atoms with Crippen molar-refractivity contribution < 1.29 is 9.32 Å². The average molecular weight is 356 g/mol. The maximum Gasteiger partial charge on any atom is 0.227 e. The predicted molar refractivity (Wildman–Crippen MR) is 99.7 cm³/mol. The zero-order valence-electron chi connectivity index (χ0n) is 15.7. The topological polar surface area (TPSA) is 71.3 Å². The maximum absolute atomic E-state index is 12.3. The van der Waals surface area contributed by atoms with Crippen molar-refractivity contribution in [2.45, 2.75) is 52.0 Å². The standard InChI is InChI=1S/C20H28N4O2/c1-15-7-9-17(10-8-15)18(24-11-5-3-4-6-12-24)14-21-20(25)13-19-22-16(2)26-23-19/h7-10,18H,3-6,11-14H2,1-2H3,(H,21,25). The van der Waals surface area contributed by atoms with Crippen LogP contribution < -0.4 is 5.32 Å². The van der Waals surface area contributed by atoms with Crippen molar-refractivity contribution in [3.8, 4) is 0 Å². The van der Waals surface area contributed by atoms with Gasteiger partial charge in [-0.3, -0.25) is 9.69 Å². The smallest absolute Gasteiger partial charge is 0.227 e. The molecule has 2 aromatic rings. The van der Waals surface area contributed by atoms with E-state index in [2.05, 4.69) is 51.5 Å². The number of nitrogens with zero attached hydrogens (tertiary/aromatic N) is 3. The molecule has 1 aromatic carbocycles. The van der Waals surface area contributed by atoms with E-state index in [0.29, 0.717) is 18.3 Å². The number of carbonyl (C=O) groups is 1. The Kier molecular flexibility index (Phi) is 6.39. The molecular formula is C20H28N4O2. The summed E-state index contributed by atoms with van der Waals surface area (Å²) in [6.45, 7) is 6.58. The summed E-state index contributed by atoms with van der Waals surface area (Å²) in [4.78, 5) is 18.9. The summed E-state index contributed by atoms with van der Waals surface area (Å²) in [6.07, 6.45) is 5.18. The molecule has 1 atom stereocenters. The van der Waals surface area contributed by atoms with Crippen LogP contribution in [0.1, 0.15) is 54.6 Å². The Labute approximate surface area is 155 Å². The number of nitrogens with one attached hydrogen (secondary N) is 1. The lowest BCUT2D eigenvalue weighted by atomic mass is 10.0. The van der Waals surface area contributed by atoms with Gasteiger partial charge >= 0.3 is 0 Å². The summed E-state index contributed by atoms with van der Waals surface area (Å²) in [5, 5.41) is 6.86. The van der Waals surface area contributed by atoms with E-state index >= 15 is 0 Å². The van der Waals surface area contributed by atoms with E-state index in [1.807, 2.05) is 0 Å². The Morgan fingerprint density at radius 2 is 1.85 bits per heavy atom. The molecule has 1 saturated heterocycles. The van der Waals surface area contributed by atoms with E-state index in [4.69, 9.17) is 4.52 Å². The minimum Gasteiger partial charge on any atom is -0.354 e. The minimum atomic E-state index is -0.0715. The van der Waals surface area contributed by atoms with E-state index < -0.39 is 0 Å². The molecule has 0 bridgehead atoms. The zero-order valence-corrected chi connectivity index (χ0v) is 15.7. The van der Waals surface area contributed by atoms with Crippen molar-refractivity contribution in [1.82, 2.24) is 20.4 Å². The van der Waals surface area contributed by atoms with Gasteiger partial charge in [-0.2, -0.15) is 4.98 Å². The molecule has 1 unspecified atom stereocenters. The molecule has 1 aliphatic rings. The van der Waals surface area contributed by atoms with Crippen LogP contribution in [0.4, 0.5) is 0 Å². The largest absolute Gasteiger partial charge is 0.354 e. The molecule has 1 aliphatic heterocycles. The number of aromatic nitrogens is 2. The van der Waals surface area contributed by atoms with Gasteiger partial charge in [-0.1, -0.05) is 47.8 Å². The summed E-state index contributed by atoms with van der Waals surface area (Å²) >= 11 is 0. The van der Waals surface area contributed by atoms with Crippen LogP contribution in [0.2, 0.25) is 0 Å². The summed E-state index contributed by atoms with van der Waals surface area (Å²) in [7, 11) is 0. The molecule has 0 spiro atoms. The number of likely N-dealkylation sites (tertiary alicyclic amines) is 1. The second-order valence-corrected chi connectivity index (χ2v) is 7.09. The molecule has 0 radical (unpaired) electrons. The van der Waals surface area contributed by atoms with Gasteiger partial charge in [0.15, 0.2) is 5.82 Å². The molecule has 0 saturated carbocycles. The van der Waals surface area contributed by atoms with Crippen LogP contribution in [0.25, 0.3) is 0 Å². The van der Waals surface area contributed by atoms with Crippen molar-refractivity contribution in [2.75, 3.05) is 19.6 Å². The van der Waals surface area contributed by atoms with E-state index in [1.54, 1.807) is 6.92 Å². The normalized spacial score (nSPS) is 16.8. The van der Waals surface area contributed by atoms with Gasteiger partial charge in [-0.05, 0) is 38.4 Å². The highest BCUT2D eigenvalue weighted by atomic mass is 16.5. The van der Waals surface area contributed by atoms with Crippen LogP contribution in [0.5, 0.6) is 0 Å². The molecule has 140 valence electrons. The number of aryl methyl sites for hydroxylation is 2. The Balaban J connectivity index is 1.66. The first-order chi connectivity index (χ1) is 12.6. The average Bonchev–Trinajstić information content (AvgIpc) is 2.86. The molecule has 1 fully saturated rings. The van der Waals surface area contributed by atoms with Crippen LogP contribution in [-0.2, 0) is 11.2 Å². The van der Waals surface area contributed by atoms with Crippen molar-refractivity contribution in [3.63, 3.8) is 0 Å². The minimum absolute atomic E-state index is 0.0715. The Hall–Kier alpha value is -2.21. The Bertz CT molecular complexity index is 703. The lowest BCUT2D eigenvalue weighted by Gasteiger charge is -2.31. The van der Waals surface area contributed by atoms with Gasteiger partial charge in [-0.15, -0.1) is 0 Å². The van der Waals surface area contributed by atoms with Gasteiger partial charge in [0.05, 0.1) is 12.5 Å². The number of carbonyl (C=O) groups excluding carboxylic acids is 1. The molecule has 2 heterocycles. The van der Waals surface area contributed by atoms with Crippen LogP contribution in [0, 0.1) is 13.8 Å². The van der Waals surface area contributed by atoms with E-state index in [0.717, 1.165) is 13.1 Å². The second-order valence-electron chi connectivity index (χ2n) is 7.09. The van der Waals surface area contributed by atoms with Gasteiger partial charge in [0.2, 0.25) is 11.8 Å². The van der Waals surface area contributed by atoms with Crippen LogP contribution in [-0.4, -0.2) is 40.6 Å². The molecule has 1 N–H and O–H groups in total. The summed E-state index contributed by atoms with van der Waals surface area (Å²) in [5.41, 5.74) is 2.51. The van der Waals surface area contributed by atoms with Crippen molar-refractivity contribution in [1.29, 1.82) is 0 Å². The van der Waals surface area contributed by atoms with Crippen molar-refractivity contribution >= 4 is 5.91 Å². The fraction of sp³-hybridized carbons (Fsp3) is 0.550. The SMILES string of the molecule is Cc1ccc(C(CNC(=O)Cc2noc(C)n2)N2CCCCCC2)cc1. The summed E-state index contributed by atoms with van der Waals surface area (Å²) in [5.74, 6) is 0.842. The first kappa shape index (κ1) is 18.6. The second kappa shape index (κ2) is 8.94. The molecular weight excluding hydrogens is 328 g/mol. The molecule has 6 heteroatoms. The molecule has 26 heavy (non-hydrogen) atoms. The summed E-state index contributed by atoms with van der Waals surface area (Å²) in [6, 6.07) is 8.84. The number of amides is 1. The lowest BCUT2D eigenvalue weighted by Crippen LogP contribution is -2.39. The quantitative estimate of drug-likeness (QED) is 0.861. The monoisotopic (exact) mass is 356 g/mol. The van der Waals surface area contributed by atoms with E-state index in [-0.39, 0.29) is 18.4 Å². The fourth-order valence-electron chi connectivity index (χ4n) is 3.48. The van der Waals surface area contributed by atoms with Gasteiger partial charge in [0.1, 0.15) is 0 Å². The summed E-state index contributed by atoms with van der Waals surface area (Å²) < 4.78 is 4.93. The number of rotatable bonds is 6. The van der Waals surface area contributed by atoms with E-state index in [9.17, 15) is 4.79 Å². The molecule has 0 aliphatic carbocycles. The highest BCUT2D eigenvalue weighted by Gasteiger charge is 2.22. The molecule has 3 rings (SSSR count). The third-order valence-corrected chi connectivity index (χ3v) is 4.92. The third-order valence-electron chi connectivity index (χ3n) is 4.92. The maximum atomic E-state index is 12.3. The number of hydrogen-bond acceptors (Lipinski definition) is 5. The molecule has 1 aromatic heterocycles. The van der Waals surface area contributed by atoms with Gasteiger partial charge in [0, 0.05) is 13.5 Å². The Morgan fingerprint density at radius 1 is 1.15 bits per heavy atom. The number of hydrogen-bond donors (Lipinski definition) is 1. The van der Waals surface area contributed by atoms with Crippen LogP contribution >= 0.6 is 0 Å². The first-order valence-electron chi connectivity index (χ1n) is 9.48. The number of benzene rings is 1. The van der Waals surface area contributed by atoms with Gasteiger partial charge < -0.3 is 9.84 Å².